The lowest BCUT2D eigenvalue weighted by molar-refractivity contribution is -0.122. The van der Waals surface area contributed by atoms with Gasteiger partial charge in [0.25, 0.3) is 0 Å². The van der Waals surface area contributed by atoms with Crippen LogP contribution in [0.4, 0.5) is 0 Å². The molecule has 94 valence electrons. The van der Waals surface area contributed by atoms with E-state index in [2.05, 4.69) is 20.8 Å². The maximum Gasteiger partial charge on any atom is 0.242 e. The lowest BCUT2D eigenvalue weighted by Crippen LogP contribution is -2.27. The third-order valence-corrected chi connectivity index (χ3v) is 2.51. The van der Waals surface area contributed by atoms with E-state index in [0.29, 0.717) is 13.1 Å². The standard InChI is InChI=1S/C11H14N6O/c12-5-9-3-1-2-4-10(9)6-13-11(18)7-17-8-14-15-16-17/h1-4,8H,5-7,12H2,(H,13,18). The van der Waals surface area contributed by atoms with Crippen LogP contribution in [0.15, 0.2) is 30.6 Å². The Hall–Kier alpha value is -2.28. The van der Waals surface area contributed by atoms with Crippen molar-refractivity contribution >= 4 is 5.91 Å². The van der Waals surface area contributed by atoms with Crippen LogP contribution in [0.25, 0.3) is 0 Å². The van der Waals surface area contributed by atoms with Gasteiger partial charge in [0.15, 0.2) is 0 Å². The number of carbonyl (C=O) groups excluding carboxylic acids is 1. The predicted molar refractivity (Wildman–Crippen MR) is 64.0 cm³/mol. The van der Waals surface area contributed by atoms with Gasteiger partial charge in [-0.1, -0.05) is 24.3 Å². The summed E-state index contributed by atoms with van der Waals surface area (Å²) >= 11 is 0. The smallest absolute Gasteiger partial charge is 0.242 e. The van der Waals surface area contributed by atoms with Gasteiger partial charge in [0.05, 0.1) is 0 Å². The van der Waals surface area contributed by atoms with Crippen LogP contribution in [0.5, 0.6) is 0 Å². The molecule has 0 aliphatic rings. The number of amides is 1. The molecule has 0 bridgehead atoms. The Balaban J connectivity index is 1.89. The molecule has 0 saturated heterocycles. The Morgan fingerprint density at radius 3 is 2.78 bits per heavy atom. The topological polar surface area (TPSA) is 98.7 Å². The maximum absolute atomic E-state index is 11.6. The monoisotopic (exact) mass is 246 g/mol. The molecule has 0 aliphatic heterocycles. The molecule has 3 N–H and O–H groups in total. The summed E-state index contributed by atoms with van der Waals surface area (Å²) in [6.45, 7) is 1.02. The van der Waals surface area contributed by atoms with Gasteiger partial charge in [-0.2, -0.15) is 0 Å². The molecular weight excluding hydrogens is 232 g/mol. The quantitative estimate of drug-likeness (QED) is 0.737. The van der Waals surface area contributed by atoms with E-state index in [-0.39, 0.29) is 12.5 Å². The van der Waals surface area contributed by atoms with Gasteiger partial charge in [-0.05, 0) is 21.6 Å². The van der Waals surface area contributed by atoms with Crippen molar-refractivity contribution in [2.24, 2.45) is 5.73 Å². The molecule has 0 spiro atoms. The van der Waals surface area contributed by atoms with Gasteiger partial charge in [-0.15, -0.1) is 5.10 Å². The Bertz CT molecular complexity index is 510. The summed E-state index contributed by atoms with van der Waals surface area (Å²) in [5, 5.41) is 13.3. The number of nitrogens with two attached hydrogens (primary N) is 1. The fourth-order valence-electron chi connectivity index (χ4n) is 1.58. The first kappa shape index (κ1) is 12.2. The summed E-state index contributed by atoms with van der Waals surface area (Å²) in [6.07, 6.45) is 1.40. The molecule has 7 nitrogen and oxygen atoms in total. The van der Waals surface area contributed by atoms with E-state index in [1.54, 1.807) is 0 Å². The SMILES string of the molecule is NCc1ccccc1CNC(=O)Cn1cnnn1. The van der Waals surface area contributed by atoms with Crippen molar-refractivity contribution in [2.45, 2.75) is 19.6 Å². The van der Waals surface area contributed by atoms with Crippen molar-refractivity contribution in [2.75, 3.05) is 0 Å². The first-order chi connectivity index (χ1) is 8.79. The van der Waals surface area contributed by atoms with E-state index in [9.17, 15) is 4.79 Å². The zero-order chi connectivity index (χ0) is 12.8. The van der Waals surface area contributed by atoms with Gasteiger partial charge in [0, 0.05) is 13.1 Å². The fourth-order valence-corrected chi connectivity index (χ4v) is 1.58. The van der Waals surface area contributed by atoms with E-state index in [1.807, 2.05) is 24.3 Å². The predicted octanol–water partition coefficient (Wildman–Crippen LogP) is -0.552. The molecule has 1 amide bonds. The Labute approximate surface area is 104 Å². The van der Waals surface area contributed by atoms with Gasteiger partial charge in [0.1, 0.15) is 12.9 Å². The number of carbonyl (C=O) groups is 1. The number of benzene rings is 1. The summed E-state index contributed by atoms with van der Waals surface area (Å²) < 4.78 is 1.37. The number of hydrogen-bond acceptors (Lipinski definition) is 5. The molecular formula is C11H14N6O. The van der Waals surface area contributed by atoms with Crippen LogP contribution in [-0.2, 0) is 24.4 Å². The second-order valence-corrected chi connectivity index (χ2v) is 3.76. The number of hydrogen-bond donors (Lipinski definition) is 2. The molecule has 0 aliphatic carbocycles. The van der Waals surface area contributed by atoms with Crippen molar-refractivity contribution in [3.8, 4) is 0 Å². The van der Waals surface area contributed by atoms with E-state index in [0.717, 1.165) is 11.1 Å². The van der Waals surface area contributed by atoms with Crippen molar-refractivity contribution in [1.82, 2.24) is 25.5 Å². The molecule has 0 atom stereocenters. The number of nitrogens with one attached hydrogen (secondary N) is 1. The Morgan fingerprint density at radius 2 is 2.11 bits per heavy atom. The van der Waals surface area contributed by atoms with E-state index in [1.165, 1.54) is 11.0 Å². The first-order valence-electron chi connectivity index (χ1n) is 5.54. The van der Waals surface area contributed by atoms with Crippen LogP contribution in [-0.4, -0.2) is 26.1 Å². The molecule has 1 aromatic heterocycles. The van der Waals surface area contributed by atoms with Gasteiger partial charge in [-0.3, -0.25) is 4.79 Å². The second kappa shape index (κ2) is 5.87. The summed E-state index contributed by atoms with van der Waals surface area (Å²) in [5.74, 6) is -0.144. The largest absolute Gasteiger partial charge is 0.350 e. The van der Waals surface area contributed by atoms with Gasteiger partial charge in [0.2, 0.25) is 5.91 Å². The van der Waals surface area contributed by atoms with Crippen LogP contribution in [0.3, 0.4) is 0 Å². The third kappa shape index (κ3) is 3.11. The highest BCUT2D eigenvalue weighted by atomic mass is 16.2. The van der Waals surface area contributed by atoms with Crippen LogP contribution < -0.4 is 11.1 Å². The van der Waals surface area contributed by atoms with E-state index < -0.39 is 0 Å². The van der Waals surface area contributed by atoms with E-state index in [4.69, 9.17) is 5.73 Å². The average molecular weight is 246 g/mol. The summed E-state index contributed by atoms with van der Waals surface area (Å²) in [5.41, 5.74) is 7.67. The number of aromatic nitrogens is 4. The molecule has 0 radical (unpaired) electrons. The summed E-state index contributed by atoms with van der Waals surface area (Å²) in [4.78, 5) is 11.6. The van der Waals surface area contributed by atoms with E-state index >= 15 is 0 Å². The number of tetrazole rings is 1. The molecule has 1 aromatic carbocycles. The minimum Gasteiger partial charge on any atom is -0.350 e. The van der Waals surface area contributed by atoms with Crippen molar-refractivity contribution in [3.63, 3.8) is 0 Å². The van der Waals surface area contributed by atoms with Crippen LogP contribution in [0.2, 0.25) is 0 Å². The zero-order valence-electron chi connectivity index (χ0n) is 9.78. The molecule has 0 saturated carbocycles. The second-order valence-electron chi connectivity index (χ2n) is 3.76. The van der Waals surface area contributed by atoms with Crippen molar-refractivity contribution < 1.29 is 4.79 Å². The molecule has 0 fully saturated rings. The van der Waals surface area contributed by atoms with Gasteiger partial charge < -0.3 is 11.1 Å². The molecule has 2 rings (SSSR count). The normalized spacial score (nSPS) is 10.3. The Kier molecular flexibility index (Phi) is 3.98. The molecule has 18 heavy (non-hydrogen) atoms. The number of rotatable bonds is 5. The van der Waals surface area contributed by atoms with Crippen LogP contribution in [0.1, 0.15) is 11.1 Å². The highest BCUT2D eigenvalue weighted by Crippen LogP contribution is 2.07. The fraction of sp³-hybridized carbons (Fsp3) is 0.273. The molecule has 7 heteroatoms. The lowest BCUT2D eigenvalue weighted by Gasteiger charge is -2.08. The molecule has 2 aromatic rings. The van der Waals surface area contributed by atoms with Crippen molar-refractivity contribution in [1.29, 1.82) is 0 Å². The van der Waals surface area contributed by atoms with Gasteiger partial charge in [-0.25, -0.2) is 4.68 Å². The highest BCUT2D eigenvalue weighted by molar-refractivity contribution is 5.75. The minimum absolute atomic E-state index is 0.109. The number of nitrogens with zero attached hydrogens (tertiary/aromatic N) is 4. The average Bonchev–Trinajstić information content (AvgIpc) is 2.89. The van der Waals surface area contributed by atoms with Crippen LogP contribution in [0, 0.1) is 0 Å². The summed E-state index contributed by atoms with van der Waals surface area (Å²) in [6, 6.07) is 7.74. The zero-order valence-corrected chi connectivity index (χ0v) is 9.78. The van der Waals surface area contributed by atoms with Crippen molar-refractivity contribution in [3.05, 3.63) is 41.7 Å². The first-order valence-corrected chi connectivity index (χ1v) is 5.54. The Morgan fingerprint density at radius 1 is 1.33 bits per heavy atom. The summed E-state index contributed by atoms with van der Waals surface area (Å²) in [7, 11) is 0. The third-order valence-electron chi connectivity index (χ3n) is 2.51. The minimum atomic E-state index is -0.144. The maximum atomic E-state index is 11.6. The molecule has 0 unspecified atom stereocenters. The molecule has 1 heterocycles. The van der Waals surface area contributed by atoms with Crippen LogP contribution >= 0.6 is 0 Å². The van der Waals surface area contributed by atoms with Gasteiger partial charge >= 0.3 is 0 Å². The lowest BCUT2D eigenvalue weighted by atomic mass is 10.1. The highest BCUT2D eigenvalue weighted by Gasteiger charge is 2.05.